The van der Waals surface area contributed by atoms with Gasteiger partial charge in [-0.3, -0.25) is 4.79 Å². The number of hydrogen-bond acceptors (Lipinski definition) is 3. The van der Waals surface area contributed by atoms with Crippen LogP contribution in [0.3, 0.4) is 0 Å². The molecule has 0 spiro atoms. The van der Waals surface area contributed by atoms with Crippen LogP contribution < -0.4 is 11.1 Å². The molecule has 0 saturated heterocycles. The molecule has 1 atom stereocenters. The molecule has 3 nitrogen and oxygen atoms in total. The molecule has 1 aromatic heterocycles. The first-order chi connectivity index (χ1) is 8.95. The Hall–Kier alpha value is -1.31. The number of rotatable bonds is 4. The molecule has 1 amide bonds. The second kappa shape index (κ2) is 7.32. The van der Waals surface area contributed by atoms with Crippen LogP contribution in [0, 0.1) is 30.6 Å². The van der Waals surface area contributed by atoms with Crippen molar-refractivity contribution in [2.24, 2.45) is 17.6 Å². The van der Waals surface area contributed by atoms with Crippen molar-refractivity contribution in [3.63, 3.8) is 0 Å². The van der Waals surface area contributed by atoms with E-state index in [0.29, 0.717) is 24.9 Å². The van der Waals surface area contributed by atoms with Crippen molar-refractivity contribution in [1.82, 2.24) is 5.32 Å². The molecule has 0 bridgehead atoms. The summed E-state index contributed by atoms with van der Waals surface area (Å²) in [6.07, 6.45) is 0. The Balaban J connectivity index is 2.68. The largest absolute Gasteiger partial charge is 0.351 e. The molecular weight excluding hydrogens is 256 g/mol. The van der Waals surface area contributed by atoms with Gasteiger partial charge in [0, 0.05) is 6.54 Å². The van der Waals surface area contributed by atoms with Gasteiger partial charge in [-0.15, -0.1) is 11.3 Å². The van der Waals surface area contributed by atoms with Crippen LogP contribution in [-0.4, -0.2) is 19.0 Å². The van der Waals surface area contributed by atoms with Gasteiger partial charge in [-0.1, -0.05) is 32.6 Å². The van der Waals surface area contributed by atoms with Crippen LogP contribution in [0.4, 0.5) is 0 Å². The van der Waals surface area contributed by atoms with Crippen molar-refractivity contribution in [1.29, 1.82) is 0 Å². The highest BCUT2D eigenvalue weighted by atomic mass is 32.1. The number of thiophene rings is 1. The van der Waals surface area contributed by atoms with Crippen LogP contribution >= 0.6 is 11.3 Å². The molecule has 1 aromatic rings. The van der Waals surface area contributed by atoms with Gasteiger partial charge in [-0.2, -0.15) is 0 Å². The van der Waals surface area contributed by atoms with E-state index >= 15 is 0 Å². The van der Waals surface area contributed by atoms with E-state index in [1.807, 2.05) is 13.0 Å². The maximum absolute atomic E-state index is 12.0. The summed E-state index contributed by atoms with van der Waals surface area (Å²) in [6.45, 7) is 9.47. The summed E-state index contributed by atoms with van der Waals surface area (Å²) in [6, 6.07) is 1.89. The standard InChI is InChI=1S/C15H22N2OS/c1-10(2)12(4)9-17-15(18)14-8-11(3)13(19-14)6-5-7-16/h8,10,12H,7,9,16H2,1-4H3,(H,17,18). The molecule has 0 aliphatic rings. The molecule has 1 heterocycles. The van der Waals surface area contributed by atoms with Crippen LogP contribution in [0.25, 0.3) is 0 Å². The monoisotopic (exact) mass is 278 g/mol. The maximum Gasteiger partial charge on any atom is 0.261 e. The number of nitrogens with two attached hydrogens (primary N) is 1. The van der Waals surface area contributed by atoms with Crippen LogP contribution in [0.1, 0.15) is 40.9 Å². The molecule has 0 fully saturated rings. The predicted octanol–water partition coefficient (Wildman–Crippen LogP) is 2.39. The van der Waals surface area contributed by atoms with E-state index in [0.717, 1.165) is 15.3 Å². The zero-order valence-electron chi connectivity index (χ0n) is 12.0. The van der Waals surface area contributed by atoms with E-state index in [9.17, 15) is 4.79 Å². The van der Waals surface area contributed by atoms with Crippen molar-refractivity contribution in [3.8, 4) is 11.8 Å². The molecule has 19 heavy (non-hydrogen) atoms. The van der Waals surface area contributed by atoms with Crippen molar-refractivity contribution >= 4 is 17.2 Å². The van der Waals surface area contributed by atoms with Crippen molar-refractivity contribution in [2.75, 3.05) is 13.1 Å². The SMILES string of the molecule is Cc1cc(C(=O)NCC(C)C(C)C)sc1C#CCN. The summed E-state index contributed by atoms with van der Waals surface area (Å²) < 4.78 is 0. The molecule has 0 aromatic carbocycles. The number of amides is 1. The molecule has 0 aliphatic heterocycles. The molecule has 3 N–H and O–H groups in total. The summed E-state index contributed by atoms with van der Waals surface area (Å²) >= 11 is 1.43. The molecule has 0 aliphatic carbocycles. The predicted molar refractivity (Wildman–Crippen MR) is 81.3 cm³/mol. The van der Waals surface area contributed by atoms with Gasteiger partial charge in [0.05, 0.1) is 16.3 Å². The van der Waals surface area contributed by atoms with Crippen LogP contribution in [0.15, 0.2) is 6.07 Å². The Morgan fingerprint density at radius 3 is 2.74 bits per heavy atom. The van der Waals surface area contributed by atoms with E-state index < -0.39 is 0 Å². The maximum atomic E-state index is 12.0. The lowest BCUT2D eigenvalue weighted by Crippen LogP contribution is -2.29. The van der Waals surface area contributed by atoms with Crippen molar-refractivity contribution in [3.05, 3.63) is 21.4 Å². The Morgan fingerprint density at radius 2 is 2.16 bits per heavy atom. The zero-order valence-corrected chi connectivity index (χ0v) is 12.9. The van der Waals surface area contributed by atoms with Gasteiger partial charge in [-0.25, -0.2) is 0 Å². The quantitative estimate of drug-likeness (QED) is 0.831. The molecule has 0 radical (unpaired) electrons. The first-order valence-electron chi connectivity index (χ1n) is 6.53. The minimum atomic E-state index is -0.0126. The van der Waals surface area contributed by atoms with Gasteiger partial charge >= 0.3 is 0 Å². The van der Waals surface area contributed by atoms with E-state index in [4.69, 9.17) is 5.73 Å². The van der Waals surface area contributed by atoms with E-state index in [-0.39, 0.29) is 5.91 Å². The summed E-state index contributed by atoms with van der Waals surface area (Å²) in [7, 11) is 0. The molecular formula is C15H22N2OS. The Labute approximate surface area is 119 Å². The fourth-order valence-electron chi connectivity index (χ4n) is 1.43. The van der Waals surface area contributed by atoms with E-state index in [2.05, 4.69) is 37.9 Å². The molecule has 1 rings (SSSR count). The van der Waals surface area contributed by atoms with E-state index in [1.165, 1.54) is 11.3 Å². The van der Waals surface area contributed by atoms with Gasteiger partial charge in [0.25, 0.3) is 5.91 Å². The highest BCUT2D eigenvalue weighted by molar-refractivity contribution is 7.14. The highest BCUT2D eigenvalue weighted by Crippen LogP contribution is 2.21. The minimum Gasteiger partial charge on any atom is -0.351 e. The first kappa shape index (κ1) is 15.7. The lowest BCUT2D eigenvalue weighted by Gasteiger charge is -2.15. The zero-order chi connectivity index (χ0) is 14.4. The fourth-order valence-corrected chi connectivity index (χ4v) is 2.39. The number of carbonyl (C=O) groups excluding carboxylic acids is 1. The van der Waals surface area contributed by atoms with Gasteiger partial charge in [0.15, 0.2) is 0 Å². The topological polar surface area (TPSA) is 55.1 Å². The van der Waals surface area contributed by atoms with Crippen LogP contribution in [0.5, 0.6) is 0 Å². The second-order valence-corrected chi connectivity index (χ2v) is 6.11. The highest BCUT2D eigenvalue weighted by Gasteiger charge is 2.13. The third-order valence-electron chi connectivity index (χ3n) is 3.17. The first-order valence-corrected chi connectivity index (χ1v) is 7.35. The van der Waals surface area contributed by atoms with Crippen molar-refractivity contribution in [2.45, 2.75) is 27.7 Å². The summed E-state index contributed by atoms with van der Waals surface area (Å²) in [4.78, 5) is 13.7. The average molecular weight is 278 g/mol. The Morgan fingerprint density at radius 1 is 1.47 bits per heavy atom. The third-order valence-corrected chi connectivity index (χ3v) is 4.32. The number of nitrogens with one attached hydrogen (secondary N) is 1. The average Bonchev–Trinajstić information content (AvgIpc) is 2.74. The smallest absolute Gasteiger partial charge is 0.261 e. The fraction of sp³-hybridized carbons (Fsp3) is 0.533. The Bertz CT molecular complexity index is 494. The van der Waals surface area contributed by atoms with Gasteiger partial charge in [-0.05, 0) is 30.4 Å². The summed E-state index contributed by atoms with van der Waals surface area (Å²) in [5.74, 6) is 6.84. The van der Waals surface area contributed by atoms with Gasteiger partial charge < -0.3 is 11.1 Å². The number of carbonyl (C=O) groups is 1. The van der Waals surface area contributed by atoms with E-state index in [1.54, 1.807) is 0 Å². The number of hydrogen-bond donors (Lipinski definition) is 2. The lowest BCUT2D eigenvalue weighted by atomic mass is 9.98. The minimum absolute atomic E-state index is 0.0126. The summed E-state index contributed by atoms with van der Waals surface area (Å²) in [5, 5.41) is 2.98. The van der Waals surface area contributed by atoms with Gasteiger partial charge in [0.2, 0.25) is 0 Å². The van der Waals surface area contributed by atoms with Crippen molar-refractivity contribution < 1.29 is 4.79 Å². The van der Waals surface area contributed by atoms with Crippen LogP contribution in [-0.2, 0) is 0 Å². The lowest BCUT2D eigenvalue weighted by molar-refractivity contribution is 0.0949. The molecule has 104 valence electrons. The third kappa shape index (κ3) is 4.70. The van der Waals surface area contributed by atoms with Gasteiger partial charge in [0.1, 0.15) is 0 Å². The number of aryl methyl sites for hydroxylation is 1. The molecule has 1 unspecified atom stereocenters. The van der Waals surface area contributed by atoms with Crippen LogP contribution in [0.2, 0.25) is 0 Å². The molecule has 0 saturated carbocycles. The second-order valence-electron chi connectivity index (χ2n) is 5.06. The summed E-state index contributed by atoms with van der Waals surface area (Å²) in [5.41, 5.74) is 6.39. The normalized spacial score (nSPS) is 11.9. The molecule has 4 heteroatoms. The Kier molecular flexibility index (Phi) is 6.07.